The van der Waals surface area contributed by atoms with Gasteiger partial charge in [0.25, 0.3) is 0 Å². The molecule has 1 aliphatic heterocycles. The highest BCUT2D eigenvalue weighted by atomic mass is 79.9. The lowest BCUT2D eigenvalue weighted by atomic mass is 10.1. The molecule has 0 amide bonds. The molecule has 0 atom stereocenters. The standard InChI is InChI=1S/C18H17BrN4/c1-11-3-4-15(7-12(11)2)23-18-16(5-6-21-18)17(22-23)13-8-14(19)10-20-9-13/h3-4,7-10,21H,5-6H2,1-2H3. The van der Waals surface area contributed by atoms with Crippen molar-refractivity contribution in [3.8, 4) is 16.9 Å². The van der Waals surface area contributed by atoms with Crippen molar-refractivity contribution in [2.45, 2.75) is 20.3 Å². The van der Waals surface area contributed by atoms with E-state index >= 15 is 0 Å². The second kappa shape index (κ2) is 5.49. The van der Waals surface area contributed by atoms with Crippen LogP contribution in [0.15, 0.2) is 41.1 Å². The van der Waals surface area contributed by atoms with Crippen molar-refractivity contribution in [2.75, 3.05) is 11.9 Å². The first-order chi connectivity index (χ1) is 11.1. The van der Waals surface area contributed by atoms with Crippen molar-refractivity contribution in [3.05, 3.63) is 57.8 Å². The number of hydrogen-bond acceptors (Lipinski definition) is 3. The molecule has 116 valence electrons. The van der Waals surface area contributed by atoms with Gasteiger partial charge in [-0.1, -0.05) is 6.07 Å². The average molecular weight is 369 g/mol. The van der Waals surface area contributed by atoms with Gasteiger partial charge in [-0.3, -0.25) is 4.98 Å². The molecule has 1 aromatic carbocycles. The first kappa shape index (κ1) is 14.5. The molecule has 0 radical (unpaired) electrons. The molecule has 0 unspecified atom stereocenters. The Hall–Kier alpha value is -2.14. The van der Waals surface area contributed by atoms with Crippen LogP contribution in [0.4, 0.5) is 5.82 Å². The summed E-state index contributed by atoms with van der Waals surface area (Å²) in [4.78, 5) is 4.28. The summed E-state index contributed by atoms with van der Waals surface area (Å²) in [5.74, 6) is 1.10. The van der Waals surface area contributed by atoms with Crippen LogP contribution in [0, 0.1) is 13.8 Å². The predicted octanol–water partition coefficient (Wildman–Crippen LogP) is 4.28. The molecular formula is C18H17BrN4. The lowest BCUT2D eigenvalue weighted by molar-refractivity contribution is 0.880. The Morgan fingerprint density at radius 2 is 2.00 bits per heavy atom. The van der Waals surface area contributed by atoms with E-state index in [0.717, 1.165) is 40.2 Å². The number of benzene rings is 1. The van der Waals surface area contributed by atoms with Crippen LogP contribution in [0.25, 0.3) is 16.9 Å². The first-order valence-corrected chi connectivity index (χ1v) is 8.47. The van der Waals surface area contributed by atoms with Crippen molar-refractivity contribution in [1.29, 1.82) is 0 Å². The number of halogens is 1. The lowest BCUT2D eigenvalue weighted by Crippen LogP contribution is -2.04. The fourth-order valence-corrected chi connectivity index (χ4v) is 3.36. The van der Waals surface area contributed by atoms with E-state index in [1.807, 2.05) is 10.9 Å². The minimum Gasteiger partial charge on any atom is -0.369 e. The number of nitrogens with one attached hydrogen (secondary N) is 1. The molecule has 0 fully saturated rings. The third-order valence-electron chi connectivity index (χ3n) is 4.36. The Morgan fingerprint density at radius 1 is 1.13 bits per heavy atom. The Bertz CT molecular complexity index is 898. The van der Waals surface area contributed by atoms with Crippen LogP contribution in [0.2, 0.25) is 0 Å². The van der Waals surface area contributed by atoms with E-state index in [1.54, 1.807) is 6.20 Å². The van der Waals surface area contributed by atoms with Crippen LogP contribution in [0.3, 0.4) is 0 Å². The largest absolute Gasteiger partial charge is 0.369 e. The van der Waals surface area contributed by atoms with E-state index in [2.05, 4.69) is 64.3 Å². The second-order valence-electron chi connectivity index (χ2n) is 5.92. The molecule has 0 saturated heterocycles. The third-order valence-corrected chi connectivity index (χ3v) is 4.80. The van der Waals surface area contributed by atoms with E-state index < -0.39 is 0 Å². The number of pyridine rings is 1. The summed E-state index contributed by atoms with van der Waals surface area (Å²) in [6.07, 6.45) is 4.65. The Morgan fingerprint density at radius 3 is 2.78 bits per heavy atom. The molecule has 5 heteroatoms. The normalized spacial score (nSPS) is 13.0. The molecule has 2 aromatic heterocycles. The van der Waals surface area contributed by atoms with Crippen molar-refractivity contribution in [1.82, 2.24) is 14.8 Å². The zero-order chi connectivity index (χ0) is 16.0. The van der Waals surface area contributed by atoms with E-state index in [1.165, 1.54) is 16.7 Å². The van der Waals surface area contributed by atoms with Gasteiger partial charge in [0.15, 0.2) is 0 Å². The quantitative estimate of drug-likeness (QED) is 0.733. The number of rotatable bonds is 2. The number of anilines is 1. The fourth-order valence-electron chi connectivity index (χ4n) is 2.99. The first-order valence-electron chi connectivity index (χ1n) is 7.68. The molecule has 0 bridgehead atoms. The maximum Gasteiger partial charge on any atom is 0.133 e. The van der Waals surface area contributed by atoms with E-state index in [9.17, 15) is 0 Å². The van der Waals surface area contributed by atoms with E-state index in [-0.39, 0.29) is 0 Å². The third kappa shape index (κ3) is 2.45. The summed E-state index contributed by atoms with van der Waals surface area (Å²) in [6, 6.07) is 8.52. The molecule has 1 aliphatic rings. The SMILES string of the molecule is Cc1ccc(-n2nc(-c3cncc(Br)c3)c3c2NCC3)cc1C. The summed E-state index contributed by atoms with van der Waals surface area (Å²) in [5.41, 5.74) is 6.98. The van der Waals surface area contributed by atoms with E-state index in [0.29, 0.717) is 0 Å². The van der Waals surface area contributed by atoms with Crippen LogP contribution in [0.5, 0.6) is 0 Å². The summed E-state index contributed by atoms with van der Waals surface area (Å²) in [7, 11) is 0. The fraction of sp³-hybridized carbons (Fsp3) is 0.222. The topological polar surface area (TPSA) is 42.7 Å². The Balaban J connectivity index is 1.89. The highest BCUT2D eigenvalue weighted by Gasteiger charge is 2.24. The van der Waals surface area contributed by atoms with Gasteiger partial charge in [0, 0.05) is 34.5 Å². The molecule has 23 heavy (non-hydrogen) atoms. The molecule has 4 nitrogen and oxygen atoms in total. The molecule has 0 aliphatic carbocycles. The van der Waals surface area contributed by atoms with Crippen LogP contribution >= 0.6 is 15.9 Å². The smallest absolute Gasteiger partial charge is 0.133 e. The summed E-state index contributed by atoms with van der Waals surface area (Å²) in [6.45, 7) is 5.21. The van der Waals surface area contributed by atoms with Crippen molar-refractivity contribution in [3.63, 3.8) is 0 Å². The molecule has 0 saturated carbocycles. The Labute approximate surface area is 143 Å². The number of fused-ring (bicyclic) bond motifs is 1. The molecule has 4 rings (SSSR count). The average Bonchev–Trinajstić information content (AvgIpc) is 3.12. The molecular weight excluding hydrogens is 352 g/mol. The zero-order valence-corrected chi connectivity index (χ0v) is 14.7. The summed E-state index contributed by atoms with van der Waals surface area (Å²) >= 11 is 3.50. The van der Waals surface area contributed by atoms with Crippen LogP contribution in [-0.2, 0) is 6.42 Å². The van der Waals surface area contributed by atoms with Crippen LogP contribution in [0.1, 0.15) is 16.7 Å². The second-order valence-corrected chi connectivity index (χ2v) is 6.84. The summed E-state index contributed by atoms with van der Waals surface area (Å²) in [5, 5.41) is 8.35. The molecule has 0 spiro atoms. The molecule has 1 N–H and O–H groups in total. The van der Waals surface area contributed by atoms with Gasteiger partial charge in [0.05, 0.1) is 11.4 Å². The van der Waals surface area contributed by atoms with Gasteiger partial charge in [0.2, 0.25) is 0 Å². The number of nitrogens with zero attached hydrogens (tertiary/aromatic N) is 3. The van der Waals surface area contributed by atoms with Gasteiger partial charge in [-0.05, 0) is 65.5 Å². The summed E-state index contributed by atoms with van der Waals surface area (Å²) < 4.78 is 2.99. The Kier molecular flexibility index (Phi) is 3.45. The van der Waals surface area contributed by atoms with Crippen LogP contribution in [-0.4, -0.2) is 21.3 Å². The highest BCUT2D eigenvalue weighted by molar-refractivity contribution is 9.10. The number of hydrogen-bond donors (Lipinski definition) is 1. The van der Waals surface area contributed by atoms with Gasteiger partial charge in [-0.15, -0.1) is 0 Å². The van der Waals surface area contributed by atoms with Crippen molar-refractivity contribution < 1.29 is 0 Å². The molecule has 3 aromatic rings. The number of aryl methyl sites for hydroxylation is 2. The maximum absolute atomic E-state index is 4.88. The minimum absolute atomic E-state index is 0.951. The zero-order valence-electron chi connectivity index (χ0n) is 13.1. The van der Waals surface area contributed by atoms with Crippen molar-refractivity contribution >= 4 is 21.7 Å². The van der Waals surface area contributed by atoms with Gasteiger partial charge in [0.1, 0.15) is 5.82 Å². The minimum atomic E-state index is 0.951. The number of aromatic nitrogens is 3. The van der Waals surface area contributed by atoms with Gasteiger partial charge >= 0.3 is 0 Å². The monoisotopic (exact) mass is 368 g/mol. The molecule has 3 heterocycles. The highest BCUT2D eigenvalue weighted by Crippen LogP contribution is 2.35. The van der Waals surface area contributed by atoms with Gasteiger partial charge < -0.3 is 5.32 Å². The maximum atomic E-state index is 4.88. The van der Waals surface area contributed by atoms with Gasteiger partial charge in [-0.25, -0.2) is 4.68 Å². The van der Waals surface area contributed by atoms with Crippen LogP contribution < -0.4 is 5.32 Å². The predicted molar refractivity (Wildman–Crippen MR) is 96.2 cm³/mol. The van der Waals surface area contributed by atoms with Gasteiger partial charge in [-0.2, -0.15) is 5.10 Å². The lowest BCUT2D eigenvalue weighted by Gasteiger charge is -2.08. The van der Waals surface area contributed by atoms with Crippen molar-refractivity contribution in [2.24, 2.45) is 0 Å². The van der Waals surface area contributed by atoms with E-state index in [4.69, 9.17) is 5.10 Å².